The molecule has 1 unspecified atom stereocenters. The van der Waals surface area contributed by atoms with Gasteiger partial charge in [0.15, 0.2) is 5.69 Å². The SMILES string of the molecule is CCCCCCCCCCCCCCCCN(C)S(=O)(=O)[N+]([O-])(O)c1ccccc1-n1oc(C(C)(C)C)c(CCl)c1=O. The van der Waals surface area contributed by atoms with E-state index in [9.17, 15) is 23.6 Å². The van der Waals surface area contributed by atoms with Gasteiger partial charge in [0.1, 0.15) is 5.76 Å². The van der Waals surface area contributed by atoms with Gasteiger partial charge >= 0.3 is 10.2 Å². The number of hydrogen-bond donors (Lipinski definition) is 1. The number of halogens is 1. The lowest BCUT2D eigenvalue weighted by Gasteiger charge is -2.34. The number of unbranched alkanes of at least 4 members (excludes halogenated alkanes) is 13. The van der Waals surface area contributed by atoms with Gasteiger partial charge in [0, 0.05) is 25.1 Å². The van der Waals surface area contributed by atoms with Crippen molar-refractivity contribution in [3.63, 3.8) is 0 Å². The van der Waals surface area contributed by atoms with Crippen molar-refractivity contribution in [3.05, 3.63) is 51.2 Å². The summed E-state index contributed by atoms with van der Waals surface area (Å²) in [6.07, 6.45) is 16.5. The van der Waals surface area contributed by atoms with Crippen molar-refractivity contribution in [3.8, 4) is 5.69 Å². The molecule has 1 aromatic carbocycles. The van der Waals surface area contributed by atoms with E-state index in [1.54, 1.807) is 0 Å². The Morgan fingerprint density at radius 1 is 0.929 bits per heavy atom. The maximum absolute atomic E-state index is 13.5. The quantitative estimate of drug-likeness (QED) is 0.0681. The van der Waals surface area contributed by atoms with Crippen molar-refractivity contribution < 1.29 is 18.1 Å². The number of quaternary nitrogens is 1. The Morgan fingerprint density at radius 2 is 1.40 bits per heavy atom. The van der Waals surface area contributed by atoms with E-state index in [0.29, 0.717) is 12.2 Å². The highest BCUT2D eigenvalue weighted by molar-refractivity contribution is 7.88. The van der Waals surface area contributed by atoms with Gasteiger partial charge in [-0.05, 0) is 12.5 Å². The van der Waals surface area contributed by atoms with Crippen LogP contribution in [0, 0.1) is 5.21 Å². The molecule has 0 saturated heterocycles. The maximum Gasteiger partial charge on any atom is 0.407 e. The second kappa shape index (κ2) is 17.0. The topological polar surface area (TPSA) is 116 Å². The second-order valence-electron chi connectivity index (χ2n) is 12.3. The van der Waals surface area contributed by atoms with E-state index in [-0.39, 0.29) is 23.7 Å². The lowest BCUT2D eigenvalue weighted by Crippen LogP contribution is -2.53. The molecule has 0 aliphatic heterocycles. The standard InChI is InChI=1S/C31H52ClN3O6S/c1-6-7-8-9-10-11-12-13-14-15-16-17-18-21-24-33(5)42(39,40)35(37,38)28-23-20-19-22-27(28)34-30(36)26(25-32)29(41-34)31(2,3)4/h19-20,22-23,37H,6-18,21,24-25H2,1-5H3. The fourth-order valence-corrected chi connectivity index (χ4v) is 6.48. The van der Waals surface area contributed by atoms with Crippen molar-refractivity contribution in [2.75, 3.05) is 13.6 Å². The van der Waals surface area contributed by atoms with Crippen LogP contribution in [0.25, 0.3) is 5.69 Å². The minimum Gasteiger partial charge on any atom is -0.576 e. The van der Waals surface area contributed by atoms with Gasteiger partial charge in [0.25, 0.3) is 5.56 Å². The van der Waals surface area contributed by atoms with Gasteiger partial charge in [0.2, 0.25) is 5.69 Å². The predicted octanol–water partition coefficient (Wildman–Crippen LogP) is 8.32. The van der Waals surface area contributed by atoms with E-state index in [2.05, 4.69) is 6.92 Å². The first-order valence-corrected chi connectivity index (χ1v) is 17.4. The minimum atomic E-state index is -4.80. The highest BCUT2D eigenvalue weighted by Crippen LogP contribution is 2.34. The molecule has 1 atom stereocenters. The molecule has 0 fully saturated rings. The third-order valence-corrected chi connectivity index (χ3v) is 9.71. The van der Waals surface area contributed by atoms with Crippen LogP contribution in [0.4, 0.5) is 5.69 Å². The number of alkyl halides is 1. The molecule has 0 bridgehead atoms. The van der Waals surface area contributed by atoms with E-state index in [1.807, 2.05) is 20.8 Å². The number of aromatic nitrogens is 1. The zero-order valence-corrected chi connectivity index (χ0v) is 27.8. The van der Waals surface area contributed by atoms with Crippen LogP contribution in [0.5, 0.6) is 0 Å². The molecule has 0 aliphatic rings. The number of nitrogens with zero attached hydrogens (tertiary/aromatic N) is 3. The summed E-state index contributed by atoms with van der Waals surface area (Å²) < 4.78 is 31.4. The molecule has 42 heavy (non-hydrogen) atoms. The van der Waals surface area contributed by atoms with Crippen LogP contribution in [0.3, 0.4) is 0 Å². The van der Waals surface area contributed by atoms with Crippen molar-refractivity contribution in [1.82, 2.24) is 13.3 Å². The number of benzene rings is 1. The largest absolute Gasteiger partial charge is 0.576 e. The van der Waals surface area contributed by atoms with Gasteiger partial charge in [0.05, 0.1) is 11.4 Å². The first kappa shape index (κ1) is 36.5. The van der Waals surface area contributed by atoms with Crippen LogP contribution in [0.1, 0.15) is 129 Å². The van der Waals surface area contributed by atoms with Crippen molar-refractivity contribution in [1.29, 1.82) is 0 Å². The van der Waals surface area contributed by atoms with Crippen molar-refractivity contribution >= 4 is 27.5 Å². The third-order valence-electron chi connectivity index (χ3n) is 7.65. The van der Waals surface area contributed by atoms with Crippen LogP contribution >= 0.6 is 11.6 Å². The number of hydrogen-bond acceptors (Lipinski definition) is 6. The molecule has 0 amide bonds. The van der Waals surface area contributed by atoms with Gasteiger partial charge in [-0.1, -0.05) is 128 Å². The molecule has 0 aliphatic carbocycles. The summed E-state index contributed by atoms with van der Waals surface area (Å²) in [5, 5.41) is 24.4. The summed E-state index contributed by atoms with van der Waals surface area (Å²) in [6, 6.07) is 5.47. The van der Waals surface area contributed by atoms with Gasteiger partial charge in [-0.3, -0.25) is 4.79 Å². The molecule has 1 heterocycles. The summed E-state index contributed by atoms with van der Waals surface area (Å²) in [5.74, 6) is 0.193. The molecular weight excluding hydrogens is 578 g/mol. The maximum atomic E-state index is 13.5. The van der Waals surface area contributed by atoms with Crippen LogP contribution < -0.4 is 9.77 Å². The molecule has 9 nitrogen and oxygen atoms in total. The van der Waals surface area contributed by atoms with E-state index in [0.717, 1.165) is 28.3 Å². The van der Waals surface area contributed by atoms with E-state index < -0.39 is 31.1 Å². The van der Waals surface area contributed by atoms with Gasteiger partial charge in [-0.25, -0.2) is 0 Å². The molecule has 240 valence electrons. The summed E-state index contributed by atoms with van der Waals surface area (Å²) in [6.45, 7) is 7.86. The van der Waals surface area contributed by atoms with Gasteiger partial charge < -0.3 is 9.73 Å². The lowest BCUT2D eigenvalue weighted by molar-refractivity contribution is 0.0521. The highest BCUT2D eigenvalue weighted by atomic mass is 35.5. The molecule has 2 rings (SSSR count). The fourth-order valence-electron chi connectivity index (χ4n) is 5.11. The Morgan fingerprint density at radius 3 is 1.86 bits per heavy atom. The molecule has 0 radical (unpaired) electrons. The fraction of sp³-hybridized carbons (Fsp3) is 0.710. The average molecular weight is 630 g/mol. The average Bonchev–Trinajstić information content (AvgIpc) is 3.29. The zero-order chi connectivity index (χ0) is 31.4. The molecule has 11 heteroatoms. The van der Waals surface area contributed by atoms with Crippen molar-refractivity contribution in [2.24, 2.45) is 0 Å². The number of rotatable bonds is 20. The summed E-state index contributed by atoms with van der Waals surface area (Å²) in [5.41, 5.74) is -1.71. The molecule has 1 aromatic heterocycles. The Bertz CT molecular complexity index is 1250. The Balaban J connectivity index is 1.94. The van der Waals surface area contributed by atoms with Gasteiger partial charge in [-0.15, -0.1) is 16.3 Å². The molecular formula is C31H52ClN3O6S. The van der Waals surface area contributed by atoms with Crippen LogP contribution in [0.15, 0.2) is 33.6 Å². The highest BCUT2D eigenvalue weighted by Gasteiger charge is 2.42. The predicted molar refractivity (Wildman–Crippen MR) is 171 cm³/mol. The molecule has 1 N–H and O–H groups in total. The smallest absolute Gasteiger partial charge is 0.407 e. The van der Waals surface area contributed by atoms with E-state index in [1.165, 1.54) is 95.5 Å². The van der Waals surface area contributed by atoms with Crippen LogP contribution in [-0.4, -0.2) is 36.3 Å². The van der Waals surface area contributed by atoms with Gasteiger partial charge in [-0.2, -0.15) is 17.9 Å². The summed E-state index contributed by atoms with van der Waals surface area (Å²) >= 11 is 6.03. The molecule has 0 saturated carbocycles. The third kappa shape index (κ3) is 9.66. The minimum absolute atomic E-state index is 0.0938. The Labute approximate surface area is 257 Å². The first-order chi connectivity index (χ1) is 19.8. The monoisotopic (exact) mass is 629 g/mol. The van der Waals surface area contributed by atoms with Crippen LogP contribution in [0.2, 0.25) is 0 Å². The second-order valence-corrected chi connectivity index (χ2v) is 14.6. The number of para-hydroxylation sites is 2. The lowest BCUT2D eigenvalue weighted by atomic mass is 9.91. The summed E-state index contributed by atoms with van der Waals surface area (Å²) in [4.78, 5) is 13.1. The zero-order valence-electron chi connectivity index (χ0n) is 26.2. The van der Waals surface area contributed by atoms with E-state index >= 15 is 0 Å². The first-order valence-electron chi connectivity index (χ1n) is 15.5. The normalized spacial score (nSPS) is 14.0. The Hall–Kier alpha value is -1.69. The van der Waals surface area contributed by atoms with E-state index in [4.69, 9.17) is 16.1 Å². The van der Waals surface area contributed by atoms with Crippen molar-refractivity contribution in [2.45, 2.75) is 129 Å². The summed E-state index contributed by atoms with van der Waals surface area (Å²) in [7, 11) is -3.52. The Kier molecular flexibility index (Phi) is 14.7. The molecule has 2 aromatic rings. The molecule has 0 spiro atoms. The van der Waals surface area contributed by atoms with Crippen LogP contribution in [-0.2, 0) is 21.5 Å².